The van der Waals surface area contributed by atoms with Crippen molar-refractivity contribution < 1.29 is 28.6 Å². The number of carbonyl (C=O) groups is 2. The largest absolute Gasteiger partial charge is 0.481 e. The molecular formula is C12H19F2NO4. The number of halogens is 2. The van der Waals surface area contributed by atoms with E-state index >= 15 is 0 Å². The Balaban J connectivity index is 2.79. The van der Waals surface area contributed by atoms with Crippen molar-refractivity contribution in [3.8, 4) is 0 Å². The lowest BCUT2D eigenvalue weighted by molar-refractivity contribution is -0.150. The molecule has 110 valence electrons. The number of aliphatic carboxylic acids is 1. The van der Waals surface area contributed by atoms with E-state index in [9.17, 15) is 18.4 Å². The van der Waals surface area contributed by atoms with E-state index in [-0.39, 0.29) is 12.5 Å². The number of nitrogens with zero attached hydrogens (tertiary/aromatic N) is 1. The van der Waals surface area contributed by atoms with Crippen LogP contribution < -0.4 is 0 Å². The number of carboxylic acid groups (broad SMARTS) is 1. The molecule has 1 unspecified atom stereocenters. The van der Waals surface area contributed by atoms with Gasteiger partial charge in [-0.05, 0) is 18.8 Å². The van der Waals surface area contributed by atoms with Crippen LogP contribution >= 0.6 is 0 Å². The monoisotopic (exact) mass is 279 g/mol. The number of aliphatic hydroxyl groups excluding tert-OH is 1. The fourth-order valence-electron chi connectivity index (χ4n) is 2.65. The summed E-state index contributed by atoms with van der Waals surface area (Å²) in [7, 11) is 0. The van der Waals surface area contributed by atoms with Crippen LogP contribution in [0.1, 0.15) is 19.8 Å². The highest BCUT2D eigenvalue weighted by atomic mass is 19.3. The Morgan fingerprint density at radius 2 is 1.89 bits per heavy atom. The Bertz CT molecular complexity index is 338. The molecule has 5 nitrogen and oxygen atoms in total. The number of hydrogen-bond donors (Lipinski definition) is 2. The lowest BCUT2D eigenvalue weighted by atomic mass is 9.94. The van der Waals surface area contributed by atoms with Gasteiger partial charge in [0.2, 0.25) is 5.91 Å². The fraction of sp³-hybridized carbons (Fsp3) is 0.833. The van der Waals surface area contributed by atoms with Crippen LogP contribution in [0.2, 0.25) is 0 Å². The molecule has 1 amide bonds. The maximum atomic E-state index is 12.4. The Kier molecular flexibility index (Phi) is 5.65. The SMILES string of the molecule is CC1C[C@H](C(=O)N(CCO)CC(F)F)[C@H](C(=O)O)C1. The summed E-state index contributed by atoms with van der Waals surface area (Å²) in [6.45, 7) is 0.461. The molecule has 3 atom stereocenters. The van der Waals surface area contributed by atoms with Crippen molar-refractivity contribution in [2.75, 3.05) is 19.7 Å². The van der Waals surface area contributed by atoms with E-state index in [2.05, 4.69) is 0 Å². The van der Waals surface area contributed by atoms with Crippen LogP contribution in [0, 0.1) is 17.8 Å². The Hall–Kier alpha value is -1.24. The van der Waals surface area contributed by atoms with Crippen molar-refractivity contribution in [3.63, 3.8) is 0 Å². The zero-order valence-corrected chi connectivity index (χ0v) is 10.8. The number of rotatable bonds is 6. The molecule has 0 aliphatic heterocycles. The first kappa shape index (κ1) is 15.8. The smallest absolute Gasteiger partial charge is 0.307 e. The normalized spacial score (nSPS) is 26.7. The second kappa shape index (κ2) is 6.79. The predicted octanol–water partition coefficient (Wildman–Crippen LogP) is 0.819. The van der Waals surface area contributed by atoms with Crippen molar-refractivity contribution in [1.82, 2.24) is 4.90 Å². The molecule has 19 heavy (non-hydrogen) atoms. The topological polar surface area (TPSA) is 77.8 Å². The molecule has 0 aromatic heterocycles. The minimum absolute atomic E-state index is 0.0811. The number of alkyl halides is 2. The molecule has 0 aromatic rings. The maximum absolute atomic E-state index is 12.4. The van der Waals surface area contributed by atoms with Gasteiger partial charge in [0, 0.05) is 6.54 Å². The zero-order valence-electron chi connectivity index (χ0n) is 10.8. The first-order valence-corrected chi connectivity index (χ1v) is 6.27. The molecule has 0 saturated heterocycles. The zero-order chi connectivity index (χ0) is 14.6. The first-order chi connectivity index (χ1) is 8.86. The first-order valence-electron chi connectivity index (χ1n) is 6.27. The van der Waals surface area contributed by atoms with Gasteiger partial charge in [-0.15, -0.1) is 0 Å². The molecule has 2 N–H and O–H groups in total. The van der Waals surface area contributed by atoms with Crippen molar-refractivity contribution in [3.05, 3.63) is 0 Å². The van der Waals surface area contributed by atoms with E-state index in [1.807, 2.05) is 6.92 Å². The molecule has 0 bridgehead atoms. The van der Waals surface area contributed by atoms with Crippen molar-refractivity contribution in [1.29, 1.82) is 0 Å². The Morgan fingerprint density at radius 3 is 2.37 bits per heavy atom. The van der Waals surface area contributed by atoms with Gasteiger partial charge in [0.05, 0.1) is 25.0 Å². The number of aliphatic hydroxyl groups is 1. The highest BCUT2D eigenvalue weighted by molar-refractivity contribution is 5.85. The molecule has 7 heteroatoms. The lowest BCUT2D eigenvalue weighted by Crippen LogP contribution is -2.43. The number of hydrogen-bond acceptors (Lipinski definition) is 3. The molecular weight excluding hydrogens is 260 g/mol. The standard InChI is InChI=1S/C12H19F2NO4/c1-7-4-8(9(5-7)12(18)19)11(17)15(2-3-16)6-10(13)14/h7-10,16H,2-6H2,1H3,(H,18,19)/t7?,8-,9+/m0/s1. The van der Waals surface area contributed by atoms with Crippen LogP contribution in [0.15, 0.2) is 0 Å². The summed E-state index contributed by atoms with van der Waals surface area (Å²) in [5, 5.41) is 17.9. The van der Waals surface area contributed by atoms with Crippen LogP contribution in [-0.2, 0) is 9.59 Å². The van der Waals surface area contributed by atoms with Crippen molar-refractivity contribution in [2.24, 2.45) is 17.8 Å². The van der Waals surface area contributed by atoms with E-state index in [1.165, 1.54) is 0 Å². The predicted molar refractivity (Wildman–Crippen MR) is 62.7 cm³/mol. The molecule has 0 heterocycles. The summed E-state index contributed by atoms with van der Waals surface area (Å²) in [4.78, 5) is 24.1. The molecule has 1 aliphatic carbocycles. The molecule has 1 fully saturated rings. The van der Waals surface area contributed by atoms with Gasteiger partial charge < -0.3 is 15.1 Å². The molecule has 0 aromatic carbocycles. The fourth-order valence-corrected chi connectivity index (χ4v) is 2.65. The van der Waals surface area contributed by atoms with E-state index < -0.39 is 43.3 Å². The second-order valence-corrected chi connectivity index (χ2v) is 5.03. The summed E-state index contributed by atoms with van der Waals surface area (Å²) >= 11 is 0. The van der Waals surface area contributed by atoms with Gasteiger partial charge in [0.15, 0.2) is 0 Å². The average Bonchev–Trinajstić information content (AvgIpc) is 2.69. The van der Waals surface area contributed by atoms with Gasteiger partial charge in [-0.2, -0.15) is 0 Å². The highest BCUT2D eigenvalue weighted by Gasteiger charge is 2.43. The molecule has 1 rings (SSSR count). The lowest BCUT2D eigenvalue weighted by Gasteiger charge is -2.26. The van der Waals surface area contributed by atoms with E-state index in [0.29, 0.717) is 12.8 Å². The quantitative estimate of drug-likeness (QED) is 0.754. The van der Waals surface area contributed by atoms with Gasteiger partial charge in [0.25, 0.3) is 6.43 Å². The van der Waals surface area contributed by atoms with Gasteiger partial charge in [-0.3, -0.25) is 9.59 Å². The van der Waals surface area contributed by atoms with E-state index in [1.54, 1.807) is 0 Å². The van der Waals surface area contributed by atoms with Crippen LogP contribution in [-0.4, -0.2) is 53.1 Å². The number of carbonyl (C=O) groups excluding carboxylic acids is 1. The number of carboxylic acids is 1. The van der Waals surface area contributed by atoms with Crippen LogP contribution in [0.25, 0.3) is 0 Å². The average molecular weight is 279 g/mol. The summed E-state index contributed by atoms with van der Waals surface area (Å²) in [6, 6.07) is 0. The van der Waals surface area contributed by atoms with Gasteiger partial charge in [-0.1, -0.05) is 6.92 Å². The summed E-state index contributed by atoms with van der Waals surface area (Å²) in [6.07, 6.45) is -1.92. The van der Waals surface area contributed by atoms with E-state index in [4.69, 9.17) is 10.2 Å². The summed E-state index contributed by atoms with van der Waals surface area (Å²) in [5.41, 5.74) is 0. The van der Waals surface area contributed by atoms with Crippen LogP contribution in [0.3, 0.4) is 0 Å². The third-order valence-corrected chi connectivity index (χ3v) is 3.47. The second-order valence-electron chi connectivity index (χ2n) is 5.03. The summed E-state index contributed by atoms with van der Waals surface area (Å²) in [5.74, 6) is -3.16. The van der Waals surface area contributed by atoms with Crippen LogP contribution in [0.5, 0.6) is 0 Å². The third kappa shape index (κ3) is 4.12. The van der Waals surface area contributed by atoms with Crippen LogP contribution in [0.4, 0.5) is 8.78 Å². The maximum Gasteiger partial charge on any atom is 0.307 e. The van der Waals surface area contributed by atoms with Crippen molar-refractivity contribution in [2.45, 2.75) is 26.2 Å². The number of amides is 1. The Labute approximate surface area is 110 Å². The summed E-state index contributed by atoms with van der Waals surface area (Å²) < 4.78 is 24.8. The third-order valence-electron chi connectivity index (χ3n) is 3.47. The van der Waals surface area contributed by atoms with Gasteiger partial charge in [0.1, 0.15) is 0 Å². The Morgan fingerprint density at radius 1 is 1.32 bits per heavy atom. The molecule has 1 aliphatic rings. The van der Waals surface area contributed by atoms with E-state index in [0.717, 1.165) is 4.90 Å². The minimum Gasteiger partial charge on any atom is -0.481 e. The molecule has 0 spiro atoms. The molecule has 0 radical (unpaired) electrons. The minimum atomic E-state index is -2.70. The van der Waals surface area contributed by atoms with Gasteiger partial charge >= 0.3 is 5.97 Å². The highest BCUT2D eigenvalue weighted by Crippen LogP contribution is 2.37. The van der Waals surface area contributed by atoms with Gasteiger partial charge in [-0.25, -0.2) is 8.78 Å². The van der Waals surface area contributed by atoms with Crippen molar-refractivity contribution >= 4 is 11.9 Å². The molecule has 1 saturated carbocycles.